The van der Waals surface area contributed by atoms with E-state index < -0.39 is 0 Å². The minimum absolute atomic E-state index is 0.360. The smallest absolute Gasteiger partial charge is 0.101 e. The molecule has 4 nitrogen and oxygen atoms in total. The Hall–Kier alpha value is -3.29. The normalized spacial score (nSPS) is 9.24. The molecule has 0 saturated heterocycles. The second kappa shape index (κ2) is 6.24. The van der Waals surface area contributed by atoms with Crippen molar-refractivity contribution in [2.24, 2.45) is 0 Å². The van der Waals surface area contributed by atoms with Crippen LogP contribution >= 0.6 is 0 Å². The maximum Gasteiger partial charge on any atom is 0.101 e. The van der Waals surface area contributed by atoms with Crippen LogP contribution in [-0.2, 0) is 6.54 Å². The maximum absolute atomic E-state index is 9.00. The average molecular weight is 272 g/mol. The van der Waals surface area contributed by atoms with Crippen molar-refractivity contribution in [2.75, 3.05) is 5.32 Å². The molecular formula is C17H12N4. The topological polar surface area (TPSA) is 83.4 Å². The van der Waals surface area contributed by atoms with E-state index in [9.17, 15) is 0 Å². The zero-order valence-corrected chi connectivity index (χ0v) is 11.5. The van der Waals surface area contributed by atoms with Gasteiger partial charge >= 0.3 is 0 Å². The lowest BCUT2D eigenvalue weighted by molar-refractivity contribution is 1.12. The van der Waals surface area contributed by atoms with Crippen molar-refractivity contribution in [1.82, 2.24) is 0 Å². The molecule has 2 rings (SSSR count). The highest BCUT2D eigenvalue weighted by Crippen LogP contribution is 2.17. The minimum Gasteiger partial charge on any atom is -0.381 e. The second-order valence-electron chi connectivity index (χ2n) is 4.59. The first-order valence-electron chi connectivity index (χ1n) is 6.35. The summed E-state index contributed by atoms with van der Waals surface area (Å²) in [7, 11) is 0. The van der Waals surface area contributed by atoms with Crippen molar-refractivity contribution in [1.29, 1.82) is 15.8 Å². The molecule has 0 heterocycles. The van der Waals surface area contributed by atoms with Crippen molar-refractivity contribution in [3.8, 4) is 18.2 Å². The van der Waals surface area contributed by atoms with Gasteiger partial charge in [0.05, 0.1) is 22.8 Å². The first kappa shape index (κ1) is 14.1. The monoisotopic (exact) mass is 272 g/mol. The summed E-state index contributed by atoms with van der Waals surface area (Å²) in [6.07, 6.45) is 0. The molecule has 0 spiro atoms. The molecule has 0 aliphatic carbocycles. The van der Waals surface area contributed by atoms with Gasteiger partial charge in [0.25, 0.3) is 0 Å². The third-order valence-corrected chi connectivity index (χ3v) is 3.22. The van der Waals surface area contributed by atoms with E-state index in [1.54, 1.807) is 24.3 Å². The Labute approximate surface area is 123 Å². The predicted molar refractivity (Wildman–Crippen MR) is 79.1 cm³/mol. The SMILES string of the molecule is Cc1cc(C#N)ccc1CNc1ccc(C#N)c(C#N)c1. The molecule has 2 aromatic rings. The number of aryl methyl sites for hydroxylation is 1. The number of anilines is 1. The highest BCUT2D eigenvalue weighted by molar-refractivity contribution is 5.56. The summed E-state index contributed by atoms with van der Waals surface area (Å²) in [5.74, 6) is 0. The van der Waals surface area contributed by atoms with Gasteiger partial charge in [-0.15, -0.1) is 0 Å². The highest BCUT2D eigenvalue weighted by Gasteiger charge is 2.04. The molecule has 0 fully saturated rings. The van der Waals surface area contributed by atoms with Gasteiger partial charge < -0.3 is 5.32 Å². The third-order valence-electron chi connectivity index (χ3n) is 3.22. The van der Waals surface area contributed by atoms with Gasteiger partial charge in [0.15, 0.2) is 0 Å². The van der Waals surface area contributed by atoms with Crippen LogP contribution in [0.25, 0.3) is 0 Å². The zero-order valence-electron chi connectivity index (χ0n) is 11.5. The van der Waals surface area contributed by atoms with Gasteiger partial charge in [0.1, 0.15) is 12.1 Å². The van der Waals surface area contributed by atoms with Gasteiger partial charge in [-0.25, -0.2) is 0 Å². The van der Waals surface area contributed by atoms with Crippen LogP contribution in [0.4, 0.5) is 5.69 Å². The summed E-state index contributed by atoms with van der Waals surface area (Å²) < 4.78 is 0. The number of hydrogen-bond acceptors (Lipinski definition) is 4. The van der Waals surface area contributed by atoms with E-state index in [1.807, 2.05) is 31.2 Å². The van der Waals surface area contributed by atoms with Crippen LogP contribution < -0.4 is 5.32 Å². The molecule has 0 atom stereocenters. The second-order valence-corrected chi connectivity index (χ2v) is 4.59. The molecule has 0 aliphatic heterocycles. The average Bonchev–Trinajstić information content (AvgIpc) is 2.53. The lowest BCUT2D eigenvalue weighted by Crippen LogP contribution is -2.02. The van der Waals surface area contributed by atoms with E-state index in [1.165, 1.54) is 0 Å². The largest absolute Gasteiger partial charge is 0.381 e. The molecule has 2 aromatic carbocycles. The number of benzene rings is 2. The summed E-state index contributed by atoms with van der Waals surface area (Å²) in [6, 6.07) is 16.7. The number of nitrogens with zero attached hydrogens (tertiary/aromatic N) is 3. The van der Waals surface area contributed by atoms with Gasteiger partial charge in [-0.05, 0) is 48.4 Å². The Bertz CT molecular complexity index is 801. The molecule has 0 bridgehead atoms. The molecule has 0 radical (unpaired) electrons. The van der Waals surface area contributed by atoms with Crippen molar-refractivity contribution in [3.63, 3.8) is 0 Å². The fourth-order valence-electron chi connectivity index (χ4n) is 2.01. The summed E-state index contributed by atoms with van der Waals surface area (Å²) >= 11 is 0. The van der Waals surface area contributed by atoms with Crippen LogP contribution in [0.5, 0.6) is 0 Å². The highest BCUT2D eigenvalue weighted by atomic mass is 14.9. The first-order valence-corrected chi connectivity index (χ1v) is 6.35. The molecule has 21 heavy (non-hydrogen) atoms. The van der Waals surface area contributed by atoms with Crippen LogP contribution in [-0.4, -0.2) is 0 Å². The first-order chi connectivity index (χ1) is 10.2. The molecule has 0 amide bonds. The Balaban J connectivity index is 2.16. The van der Waals surface area contributed by atoms with E-state index in [-0.39, 0.29) is 0 Å². The molecule has 4 heteroatoms. The van der Waals surface area contributed by atoms with Crippen molar-refractivity contribution >= 4 is 5.69 Å². The van der Waals surface area contributed by atoms with E-state index in [0.717, 1.165) is 16.8 Å². The fraction of sp³-hybridized carbons (Fsp3) is 0.118. The Kier molecular flexibility index (Phi) is 4.20. The van der Waals surface area contributed by atoms with Crippen molar-refractivity contribution in [2.45, 2.75) is 13.5 Å². The summed E-state index contributed by atoms with van der Waals surface area (Å²) in [5.41, 5.74) is 4.28. The van der Waals surface area contributed by atoms with Gasteiger partial charge in [0.2, 0.25) is 0 Å². The number of nitrogens with one attached hydrogen (secondary N) is 1. The number of hydrogen-bond donors (Lipinski definition) is 1. The third kappa shape index (κ3) is 3.18. The maximum atomic E-state index is 9.00. The van der Waals surface area contributed by atoms with Crippen molar-refractivity contribution in [3.05, 3.63) is 64.2 Å². The number of nitriles is 3. The molecule has 0 unspecified atom stereocenters. The molecular weight excluding hydrogens is 260 g/mol. The Morgan fingerprint density at radius 3 is 2.29 bits per heavy atom. The summed E-state index contributed by atoms with van der Waals surface area (Å²) in [5, 5.41) is 30.0. The van der Waals surface area contributed by atoms with Gasteiger partial charge in [-0.3, -0.25) is 0 Å². The summed E-state index contributed by atoms with van der Waals surface area (Å²) in [4.78, 5) is 0. The lowest BCUT2D eigenvalue weighted by Gasteiger charge is -2.10. The fourth-order valence-corrected chi connectivity index (χ4v) is 2.01. The Morgan fingerprint density at radius 2 is 1.67 bits per heavy atom. The van der Waals surface area contributed by atoms with E-state index in [0.29, 0.717) is 23.2 Å². The molecule has 100 valence electrons. The molecule has 0 aromatic heterocycles. The summed E-state index contributed by atoms with van der Waals surface area (Å²) in [6.45, 7) is 2.55. The zero-order chi connectivity index (χ0) is 15.2. The van der Waals surface area contributed by atoms with Crippen LogP contribution in [0.3, 0.4) is 0 Å². The van der Waals surface area contributed by atoms with Crippen LogP contribution in [0.1, 0.15) is 27.8 Å². The van der Waals surface area contributed by atoms with Gasteiger partial charge in [-0.1, -0.05) is 6.07 Å². The van der Waals surface area contributed by atoms with E-state index >= 15 is 0 Å². The van der Waals surface area contributed by atoms with Gasteiger partial charge in [-0.2, -0.15) is 15.8 Å². The molecule has 0 aliphatic rings. The molecule has 0 saturated carbocycles. The van der Waals surface area contributed by atoms with Gasteiger partial charge in [0, 0.05) is 12.2 Å². The van der Waals surface area contributed by atoms with E-state index in [2.05, 4.69) is 11.4 Å². The Morgan fingerprint density at radius 1 is 0.905 bits per heavy atom. The minimum atomic E-state index is 0.360. The quantitative estimate of drug-likeness (QED) is 0.929. The standard InChI is InChI=1S/C17H12N4/c1-12-6-13(8-18)2-3-15(12)11-21-17-5-4-14(9-19)16(7-17)10-20/h2-7,21H,11H2,1H3. The molecule has 1 N–H and O–H groups in total. The van der Waals surface area contributed by atoms with Crippen LogP contribution in [0.15, 0.2) is 36.4 Å². The number of rotatable bonds is 3. The van der Waals surface area contributed by atoms with Crippen molar-refractivity contribution < 1.29 is 0 Å². The lowest BCUT2D eigenvalue weighted by atomic mass is 10.1. The predicted octanol–water partition coefficient (Wildman–Crippen LogP) is 3.22. The van der Waals surface area contributed by atoms with Crippen LogP contribution in [0.2, 0.25) is 0 Å². The van der Waals surface area contributed by atoms with Crippen LogP contribution in [0, 0.1) is 40.9 Å². The van der Waals surface area contributed by atoms with E-state index in [4.69, 9.17) is 15.8 Å².